The van der Waals surface area contributed by atoms with Crippen molar-refractivity contribution in [1.82, 2.24) is 0 Å². The fraction of sp³-hybridized carbons (Fsp3) is 0.143. The van der Waals surface area contributed by atoms with Crippen molar-refractivity contribution in [2.45, 2.75) is 11.8 Å². The van der Waals surface area contributed by atoms with Gasteiger partial charge < -0.3 is 16.6 Å². The maximum absolute atomic E-state index is 10.3. The summed E-state index contributed by atoms with van der Waals surface area (Å²) in [5, 5.41) is 10.3. The summed E-state index contributed by atoms with van der Waals surface area (Å²) >= 11 is 0. The molecule has 0 aliphatic carbocycles. The van der Waals surface area contributed by atoms with E-state index >= 15 is 0 Å². The van der Waals surface area contributed by atoms with Crippen LogP contribution in [0.3, 0.4) is 0 Å². The number of aliphatic hydroxyl groups excluding tert-OH is 1. The highest BCUT2D eigenvalue weighted by atomic mass is 16.3. The molecule has 0 aliphatic rings. The lowest BCUT2D eigenvalue weighted by atomic mass is 9.91. The highest BCUT2D eigenvalue weighted by Crippen LogP contribution is 2.27. The molecule has 1 atom stereocenters. The molecular weight excluding hydrogens is 212 g/mol. The molecular formula is C14H16N2O. The van der Waals surface area contributed by atoms with Crippen LogP contribution in [-0.4, -0.2) is 5.11 Å². The molecule has 2 rings (SSSR count). The average molecular weight is 228 g/mol. The molecule has 0 fully saturated rings. The first-order valence-electron chi connectivity index (χ1n) is 5.48. The predicted octanol–water partition coefficient (Wildman–Crippen LogP) is 1.49. The number of aliphatic hydroxyl groups is 1. The van der Waals surface area contributed by atoms with Gasteiger partial charge in [-0.25, -0.2) is 0 Å². The van der Waals surface area contributed by atoms with Crippen molar-refractivity contribution in [3.8, 4) is 0 Å². The molecule has 0 radical (unpaired) electrons. The highest BCUT2D eigenvalue weighted by Gasteiger charge is 2.32. The molecule has 0 aliphatic heterocycles. The van der Waals surface area contributed by atoms with E-state index in [1.54, 1.807) is 0 Å². The second-order valence-electron chi connectivity index (χ2n) is 4.11. The summed E-state index contributed by atoms with van der Waals surface area (Å²) in [6.07, 6.45) is -0.939. The number of hydrogen-bond donors (Lipinski definition) is 3. The van der Waals surface area contributed by atoms with Crippen molar-refractivity contribution >= 4 is 0 Å². The SMILES string of the molecule is NC(N)(c1ccccc1)[C@@H](O)c1ccccc1. The van der Waals surface area contributed by atoms with E-state index in [0.29, 0.717) is 11.1 Å². The van der Waals surface area contributed by atoms with Gasteiger partial charge >= 0.3 is 0 Å². The van der Waals surface area contributed by atoms with E-state index < -0.39 is 11.8 Å². The smallest absolute Gasteiger partial charge is 0.121 e. The second-order valence-corrected chi connectivity index (χ2v) is 4.11. The van der Waals surface area contributed by atoms with E-state index in [1.807, 2.05) is 60.7 Å². The van der Waals surface area contributed by atoms with Gasteiger partial charge in [-0.2, -0.15) is 0 Å². The van der Waals surface area contributed by atoms with Gasteiger partial charge in [0.25, 0.3) is 0 Å². The first-order chi connectivity index (χ1) is 8.12. The van der Waals surface area contributed by atoms with Crippen LogP contribution < -0.4 is 11.5 Å². The molecule has 0 saturated heterocycles. The number of rotatable bonds is 3. The van der Waals surface area contributed by atoms with Gasteiger partial charge in [0.1, 0.15) is 11.8 Å². The molecule has 17 heavy (non-hydrogen) atoms. The molecule has 88 valence electrons. The van der Waals surface area contributed by atoms with Crippen molar-refractivity contribution in [3.63, 3.8) is 0 Å². The van der Waals surface area contributed by atoms with Crippen molar-refractivity contribution in [2.24, 2.45) is 11.5 Å². The van der Waals surface area contributed by atoms with Crippen LogP contribution in [0.15, 0.2) is 60.7 Å². The Balaban J connectivity index is 2.33. The van der Waals surface area contributed by atoms with Gasteiger partial charge in [-0.05, 0) is 11.1 Å². The van der Waals surface area contributed by atoms with E-state index in [4.69, 9.17) is 11.5 Å². The highest BCUT2D eigenvalue weighted by molar-refractivity contribution is 5.29. The summed E-state index contributed by atoms with van der Waals surface area (Å²) in [7, 11) is 0. The Morgan fingerprint density at radius 3 is 1.82 bits per heavy atom. The van der Waals surface area contributed by atoms with Gasteiger partial charge in [-0.3, -0.25) is 0 Å². The molecule has 0 aromatic heterocycles. The molecule has 0 saturated carbocycles. The maximum atomic E-state index is 10.3. The molecule has 5 N–H and O–H groups in total. The van der Waals surface area contributed by atoms with Gasteiger partial charge in [0.15, 0.2) is 0 Å². The lowest BCUT2D eigenvalue weighted by Gasteiger charge is -2.31. The topological polar surface area (TPSA) is 72.3 Å². The zero-order valence-electron chi connectivity index (χ0n) is 9.45. The van der Waals surface area contributed by atoms with Crippen molar-refractivity contribution < 1.29 is 5.11 Å². The molecule has 0 amide bonds. The van der Waals surface area contributed by atoms with Crippen molar-refractivity contribution in [3.05, 3.63) is 71.8 Å². The fourth-order valence-corrected chi connectivity index (χ4v) is 1.80. The second kappa shape index (κ2) is 4.67. The van der Waals surface area contributed by atoms with Gasteiger partial charge in [0, 0.05) is 0 Å². The Bertz CT molecular complexity index is 468. The summed E-state index contributed by atoms with van der Waals surface area (Å²) in [6, 6.07) is 18.4. The van der Waals surface area contributed by atoms with Crippen LogP contribution in [0.4, 0.5) is 0 Å². The minimum Gasteiger partial charge on any atom is -0.385 e. The molecule has 3 heteroatoms. The van der Waals surface area contributed by atoms with E-state index in [-0.39, 0.29) is 0 Å². The standard InChI is InChI=1S/C14H16N2O/c15-14(16,12-9-5-2-6-10-12)13(17)11-7-3-1-4-8-11/h1-10,13,17H,15-16H2/t13-/m0/s1. The zero-order chi connectivity index (χ0) is 12.3. The van der Waals surface area contributed by atoms with E-state index in [9.17, 15) is 5.11 Å². The molecule has 3 nitrogen and oxygen atoms in total. The molecule has 2 aromatic carbocycles. The molecule has 0 heterocycles. The Labute approximate surface area is 101 Å². The van der Waals surface area contributed by atoms with Crippen LogP contribution in [0, 0.1) is 0 Å². The van der Waals surface area contributed by atoms with Crippen molar-refractivity contribution in [2.75, 3.05) is 0 Å². The summed E-state index contributed by atoms with van der Waals surface area (Å²) < 4.78 is 0. The summed E-state index contributed by atoms with van der Waals surface area (Å²) in [5.41, 5.74) is 12.2. The third-order valence-corrected chi connectivity index (χ3v) is 2.84. The van der Waals surface area contributed by atoms with Crippen molar-refractivity contribution in [1.29, 1.82) is 0 Å². The summed E-state index contributed by atoms with van der Waals surface area (Å²) in [4.78, 5) is 0. The fourth-order valence-electron chi connectivity index (χ4n) is 1.80. The number of nitrogens with two attached hydrogens (primary N) is 2. The molecule has 2 aromatic rings. The summed E-state index contributed by atoms with van der Waals surface area (Å²) in [6.45, 7) is 0. The average Bonchev–Trinajstić information content (AvgIpc) is 2.40. The monoisotopic (exact) mass is 228 g/mol. The third kappa shape index (κ3) is 2.36. The van der Waals surface area contributed by atoms with E-state index in [1.165, 1.54) is 0 Å². The van der Waals surface area contributed by atoms with Crippen LogP contribution in [0.1, 0.15) is 17.2 Å². The van der Waals surface area contributed by atoms with Crippen LogP contribution >= 0.6 is 0 Å². The lowest BCUT2D eigenvalue weighted by molar-refractivity contribution is 0.0858. The third-order valence-electron chi connectivity index (χ3n) is 2.84. The minimum atomic E-state index is -1.29. The lowest BCUT2D eigenvalue weighted by Crippen LogP contribution is -2.51. The molecule has 0 bridgehead atoms. The number of benzene rings is 2. The van der Waals surface area contributed by atoms with E-state index in [2.05, 4.69) is 0 Å². The van der Waals surface area contributed by atoms with Crippen LogP contribution in [0.2, 0.25) is 0 Å². The minimum absolute atomic E-state index is 0.705. The predicted molar refractivity (Wildman–Crippen MR) is 67.9 cm³/mol. The molecule has 0 unspecified atom stereocenters. The zero-order valence-corrected chi connectivity index (χ0v) is 9.45. The Kier molecular flexibility index (Phi) is 3.24. The Morgan fingerprint density at radius 1 is 0.824 bits per heavy atom. The maximum Gasteiger partial charge on any atom is 0.121 e. The van der Waals surface area contributed by atoms with Gasteiger partial charge in [-0.1, -0.05) is 60.7 Å². The van der Waals surface area contributed by atoms with Crippen LogP contribution in [-0.2, 0) is 5.66 Å². The molecule has 0 spiro atoms. The normalized spacial score (nSPS) is 13.4. The van der Waals surface area contributed by atoms with Gasteiger partial charge in [-0.15, -0.1) is 0 Å². The van der Waals surface area contributed by atoms with Gasteiger partial charge in [0.2, 0.25) is 0 Å². The Morgan fingerprint density at radius 2 is 1.29 bits per heavy atom. The van der Waals surface area contributed by atoms with Crippen LogP contribution in [0.25, 0.3) is 0 Å². The first-order valence-corrected chi connectivity index (χ1v) is 5.48. The quantitative estimate of drug-likeness (QED) is 0.697. The first kappa shape index (κ1) is 11.8. The largest absolute Gasteiger partial charge is 0.385 e. The Hall–Kier alpha value is -1.68. The summed E-state index contributed by atoms with van der Waals surface area (Å²) in [5.74, 6) is 0. The van der Waals surface area contributed by atoms with Gasteiger partial charge in [0.05, 0.1) is 0 Å². The van der Waals surface area contributed by atoms with Crippen LogP contribution in [0.5, 0.6) is 0 Å². The number of hydrogen-bond acceptors (Lipinski definition) is 3. The van der Waals surface area contributed by atoms with E-state index in [0.717, 1.165) is 0 Å².